The van der Waals surface area contributed by atoms with E-state index >= 15 is 0 Å². The number of rotatable bonds is 5. The molecule has 0 atom stereocenters. The smallest absolute Gasteiger partial charge is 0.223 e. The number of β-amino-alcohol motifs (C(OH)–C–C–N with tert-alkyl or cyclic N) is 1. The van der Waals surface area contributed by atoms with Crippen molar-refractivity contribution in [2.75, 3.05) is 18.8 Å². The minimum atomic E-state index is -0.628. The van der Waals surface area contributed by atoms with E-state index in [1.807, 2.05) is 6.92 Å². The fraction of sp³-hybridized carbons (Fsp3) is 0.562. The van der Waals surface area contributed by atoms with Gasteiger partial charge >= 0.3 is 0 Å². The zero-order valence-electron chi connectivity index (χ0n) is 12.5. The molecule has 2 rings (SSSR count). The Hall–Kier alpha value is -1.00. The molecule has 1 N–H and O–H groups in total. The van der Waals surface area contributed by atoms with Gasteiger partial charge in [-0.25, -0.2) is 0 Å². The van der Waals surface area contributed by atoms with Gasteiger partial charge in [-0.3, -0.25) is 4.79 Å². The molecule has 1 aliphatic rings. The van der Waals surface area contributed by atoms with Gasteiger partial charge in [0, 0.05) is 17.1 Å². The largest absolute Gasteiger partial charge is 0.386 e. The molecule has 1 heterocycles. The van der Waals surface area contributed by atoms with E-state index in [9.17, 15) is 9.90 Å². The third-order valence-corrected chi connectivity index (χ3v) is 5.04. The summed E-state index contributed by atoms with van der Waals surface area (Å²) in [5, 5.41) is 9.90. The maximum atomic E-state index is 11.9. The summed E-state index contributed by atoms with van der Waals surface area (Å²) in [7, 11) is 0. The lowest BCUT2D eigenvalue weighted by Gasteiger charge is -2.46. The summed E-state index contributed by atoms with van der Waals surface area (Å²) in [6.07, 6.45) is 1.26. The molecule has 0 spiro atoms. The molecular weight excluding hydrogens is 270 g/mol. The Bertz CT molecular complexity index is 495. The Morgan fingerprint density at radius 1 is 1.35 bits per heavy atom. The first-order valence-corrected chi connectivity index (χ1v) is 8.12. The molecule has 0 unspecified atom stereocenters. The van der Waals surface area contributed by atoms with Crippen LogP contribution in [-0.4, -0.2) is 40.4 Å². The van der Waals surface area contributed by atoms with Crippen LogP contribution in [0.4, 0.5) is 0 Å². The van der Waals surface area contributed by atoms with E-state index in [-0.39, 0.29) is 5.91 Å². The number of hydrogen-bond acceptors (Lipinski definition) is 3. The number of likely N-dealkylation sites (tertiary alicyclic amines) is 1. The predicted molar refractivity (Wildman–Crippen MR) is 83.1 cm³/mol. The molecular formula is C16H23NO2S. The number of carbonyl (C=O) groups is 1. The quantitative estimate of drug-likeness (QED) is 0.849. The first-order chi connectivity index (χ1) is 9.43. The van der Waals surface area contributed by atoms with E-state index in [4.69, 9.17) is 0 Å². The second-order valence-electron chi connectivity index (χ2n) is 5.67. The number of carbonyl (C=O) groups excluding carboxylic acids is 1. The standard InChI is InChI=1S/C16H23NO2S/c1-4-16(19)10-17(11-16)15(18)7-8-20-14-6-5-12(2)13(3)9-14/h5-6,9,19H,4,7-8,10-11H2,1-3H3. The fourth-order valence-electron chi connectivity index (χ4n) is 2.28. The Morgan fingerprint density at radius 3 is 2.65 bits per heavy atom. The number of thioether (sulfide) groups is 1. The zero-order chi connectivity index (χ0) is 14.8. The summed E-state index contributed by atoms with van der Waals surface area (Å²) in [6, 6.07) is 6.40. The van der Waals surface area contributed by atoms with Crippen LogP contribution in [0.5, 0.6) is 0 Å². The van der Waals surface area contributed by atoms with Crippen LogP contribution < -0.4 is 0 Å². The molecule has 1 fully saturated rings. The number of amides is 1. The van der Waals surface area contributed by atoms with Crippen molar-refractivity contribution in [3.63, 3.8) is 0 Å². The molecule has 0 bridgehead atoms. The number of hydrogen-bond donors (Lipinski definition) is 1. The van der Waals surface area contributed by atoms with Crippen molar-refractivity contribution < 1.29 is 9.90 Å². The van der Waals surface area contributed by atoms with E-state index in [0.717, 1.165) is 5.75 Å². The molecule has 0 aliphatic carbocycles. The van der Waals surface area contributed by atoms with E-state index in [0.29, 0.717) is 25.9 Å². The predicted octanol–water partition coefficient (Wildman–Crippen LogP) is 2.77. The summed E-state index contributed by atoms with van der Waals surface area (Å²) in [5.74, 6) is 0.946. The number of aliphatic hydroxyl groups is 1. The molecule has 4 heteroatoms. The van der Waals surface area contributed by atoms with Crippen molar-refractivity contribution in [1.82, 2.24) is 4.90 Å². The molecule has 3 nitrogen and oxygen atoms in total. The number of nitrogens with zero attached hydrogens (tertiary/aromatic N) is 1. The Morgan fingerprint density at radius 2 is 2.05 bits per heavy atom. The highest BCUT2D eigenvalue weighted by Gasteiger charge is 2.41. The molecule has 20 heavy (non-hydrogen) atoms. The third-order valence-electron chi connectivity index (χ3n) is 4.04. The van der Waals surface area contributed by atoms with Crippen LogP contribution in [0.1, 0.15) is 30.9 Å². The van der Waals surface area contributed by atoms with Crippen molar-refractivity contribution >= 4 is 17.7 Å². The van der Waals surface area contributed by atoms with Gasteiger partial charge in [0.15, 0.2) is 0 Å². The molecule has 1 amide bonds. The van der Waals surface area contributed by atoms with E-state index in [1.54, 1.807) is 16.7 Å². The van der Waals surface area contributed by atoms with Crippen LogP contribution in [0, 0.1) is 13.8 Å². The second-order valence-corrected chi connectivity index (χ2v) is 6.84. The minimum Gasteiger partial charge on any atom is -0.386 e. The maximum absolute atomic E-state index is 11.9. The molecule has 0 radical (unpaired) electrons. The third kappa shape index (κ3) is 3.55. The van der Waals surface area contributed by atoms with Gasteiger partial charge in [0.1, 0.15) is 0 Å². The average molecular weight is 293 g/mol. The lowest BCUT2D eigenvalue weighted by atomic mass is 9.91. The van der Waals surface area contributed by atoms with E-state index in [2.05, 4.69) is 32.0 Å². The van der Waals surface area contributed by atoms with Gasteiger partial charge in [-0.1, -0.05) is 13.0 Å². The van der Waals surface area contributed by atoms with Crippen LogP contribution in [0.3, 0.4) is 0 Å². The second kappa shape index (κ2) is 6.19. The topological polar surface area (TPSA) is 40.5 Å². The van der Waals surface area contributed by atoms with Crippen molar-refractivity contribution in [2.24, 2.45) is 0 Å². The molecule has 0 saturated carbocycles. The monoisotopic (exact) mass is 293 g/mol. The fourth-order valence-corrected chi connectivity index (χ4v) is 3.22. The summed E-state index contributed by atoms with van der Waals surface area (Å²) >= 11 is 1.72. The van der Waals surface area contributed by atoms with Crippen molar-refractivity contribution in [2.45, 2.75) is 44.1 Å². The SMILES string of the molecule is CCC1(O)CN(C(=O)CCSc2ccc(C)c(C)c2)C1. The van der Waals surface area contributed by atoms with E-state index in [1.165, 1.54) is 16.0 Å². The summed E-state index contributed by atoms with van der Waals surface area (Å²) in [4.78, 5) is 14.9. The highest BCUT2D eigenvalue weighted by atomic mass is 32.2. The Kier molecular flexibility index (Phi) is 4.76. The number of aryl methyl sites for hydroxylation is 2. The highest BCUT2D eigenvalue weighted by Crippen LogP contribution is 2.26. The molecule has 110 valence electrons. The molecule has 1 aromatic rings. The molecule has 1 aliphatic heterocycles. The van der Waals surface area contributed by atoms with Crippen molar-refractivity contribution in [3.05, 3.63) is 29.3 Å². The van der Waals surface area contributed by atoms with Crippen LogP contribution >= 0.6 is 11.8 Å². The van der Waals surface area contributed by atoms with Crippen molar-refractivity contribution in [1.29, 1.82) is 0 Å². The molecule has 1 aromatic carbocycles. The Labute approximate surface area is 125 Å². The van der Waals surface area contributed by atoms with Crippen molar-refractivity contribution in [3.8, 4) is 0 Å². The van der Waals surface area contributed by atoms with Gasteiger partial charge in [0.2, 0.25) is 5.91 Å². The maximum Gasteiger partial charge on any atom is 0.223 e. The lowest BCUT2D eigenvalue weighted by Crippen LogP contribution is -2.63. The molecule has 1 saturated heterocycles. The van der Waals surface area contributed by atoms with Crippen LogP contribution in [0.2, 0.25) is 0 Å². The highest BCUT2D eigenvalue weighted by molar-refractivity contribution is 7.99. The van der Waals surface area contributed by atoms with E-state index < -0.39 is 5.60 Å². The van der Waals surface area contributed by atoms with Gasteiger partial charge in [-0.2, -0.15) is 0 Å². The average Bonchev–Trinajstić information content (AvgIpc) is 2.39. The van der Waals surface area contributed by atoms with Gasteiger partial charge in [-0.05, 0) is 43.5 Å². The number of benzene rings is 1. The lowest BCUT2D eigenvalue weighted by molar-refractivity contribution is -0.155. The zero-order valence-corrected chi connectivity index (χ0v) is 13.3. The summed E-state index contributed by atoms with van der Waals surface area (Å²) < 4.78 is 0. The van der Waals surface area contributed by atoms with Gasteiger partial charge in [0.05, 0.1) is 18.7 Å². The molecule has 0 aromatic heterocycles. The first-order valence-electron chi connectivity index (χ1n) is 7.14. The van der Waals surface area contributed by atoms with Crippen LogP contribution in [0.15, 0.2) is 23.1 Å². The minimum absolute atomic E-state index is 0.152. The van der Waals surface area contributed by atoms with Gasteiger partial charge in [0.25, 0.3) is 0 Å². The van der Waals surface area contributed by atoms with Gasteiger partial charge in [-0.15, -0.1) is 11.8 Å². The normalized spacial score (nSPS) is 16.9. The van der Waals surface area contributed by atoms with Gasteiger partial charge < -0.3 is 10.0 Å². The summed E-state index contributed by atoms with van der Waals surface area (Å²) in [6.45, 7) is 7.16. The van der Waals surface area contributed by atoms with Crippen LogP contribution in [-0.2, 0) is 4.79 Å². The Balaban J connectivity index is 1.73. The first kappa shape index (κ1) is 15.4. The summed E-state index contributed by atoms with van der Waals surface area (Å²) in [5.41, 5.74) is 1.96. The van der Waals surface area contributed by atoms with Crippen LogP contribution in [0.25, 0.3) is 0 Å².